The molecule has 3 aromatic carbocycles. The van der Waals surface area contributed by atoms with E-state index in [-0.39, 0.29) is 96.0 Å². The van der Waals surface area contributed by atoms with Gasteiger partial charge >= 0.3 is 23.5 Å². The average molecular weight is 1930 g/mol. The number of nitrogens with zero attached hydrogens (tertiary/aromatic N) is 3. The predicted octanol–water partition coefficient (Wildman–Crippen LogP) is -0.459. The van der Waals surface area contributed by atoms with Crippen molar-refractivity contribution in [1.82, 2.24) is 20.0 Å². The number of aliphatic hydroxyl groups is 11. The van der Waals surface area contributed by atoms with E-state index in [4.69, 9.17) is 60.4 Å². The molecular formula is C74H101IN6O31P4Pd. The number of phosphoric acid groups is 3. The Kier molecular flexibility index (Phi) is 40.5. The Morgan fingerprint density at radius 1 is 0.607 bits per heavy atom. The molecule has 23 unspecified atom stereocenters. The van der Waals surface area contributed by atoms with Crippen LogP contribution in [0.15, 0.2) is 173 Å². The molecule has 0 bridgehead atoms. The van der Waals surface area contributed by atoms with Crippen LogP contribution in [0, 0.1) is 23.7 Å². The van der Waals surface area contributed by atoms with Crippen LogP contribution in [0.1, 0.15) is 60.3 Å². The van der Waals surface area contributed by atoms with Gasteiger partial charge in [0.25, 0.3) is 0 Å². The number of phosphoric ester groups is 1. The molecule has 4 saturated heterocycles. The molecule has 37 nitrogen and oxygen atoms in total. The Morgan fingerprint density at radius 3 is 1.48 bits per heavy atom. The zero-order chi connectivity index (χ0) is 83.7. The maximum Gasteiger partial charge on any atom is 0.490 e. The molecule has 13 rings (SSSR count). The fraction of sp³-hybridized carbons (Fsp3) is 0.473. The first kappa shape index (κ1) is 102. The predicted molar refractivity (Wildman–Crippen MR) is 426 cm³/mol. The molecule has 4 fully saturated rings. The van der Waals surface area contributed by atoms with Crippen LogP contribution in [0.2, 0.25) is 0 Å². The van der Waals surface area contributed by atoms with Gasteiger partial charge in [-0.3, -0.25) is 43.2 Å². The summed E-state index contributed by atoms with van der Waals surface area (Å²) in [6.07, 6.45) is -2.02. The van der Waals surface area contributed by atoms with Gasteiger partial charge in [0, 0.05) is 79.5 Å². The number of hydrogen-bond acceptors (Lipinski definition) is 29. The molecule has 3 aromatic rings. The van der Waals surface area contributed by atoms with E-state index in [1.165, 1.54) is 51.3 Å². The molecule has 8 heterocycles. The third kappa shape index (κ3) is 27.4. The van der Waals surface area contributed by atoms with Crippen molar-refractivity contribution >= 4 is 99.3 Å². The van der Waals surface area contributed by atoms with Gasteiger partial charge in [0.1, 0.15) is 85.1 Å². The van der Waals surface area contributed by atoms with E-state index in [0.717, 1.165) is 26.0 Å². The molecule has 20 N–H and O–H groups in total. The van der Waals surface area contributed by atoms with Crippen LogP contribution in [-0.4, -0.2) is 270 Å². The van der Waals surface area contributed by atoms with Crippen LogP contribution >= 0.6 is 54.0 Å². The fourth-order valence-electron chi connectivity index (χ4n) is 12.9. The molecule has 117 heavy (non-hydrogen) atoms. The largest absolute Gasteiger partial charge is 0.505 e. The second-order valence-corrected chi connectivity index (χ2v) is 34.7. The topological polar surface area (TPSA) is 588 Å². The summed E-state index contributed by atoms with van der Waals surface area (Å²) in [6.45, 7) is 2.43. The van der Waals surface area contributed by atoms with Crippen molar-refractivity contribution in [3.63, 3.8) is 0 Å². The summed E-state index contributed by atoms with van der Waals surface area (Å²) in [5, 5.41) is 113. The third-order valence-corrected chi connectivity index (χ3v) is 26.0. The Morgan fingerprint density at radius 2 is 1.03 bits per heavy atom. The maximum absolute atomic E-state index is 12.3. The molecule has 23 atom stereocenters. The van der Waals surface area contributed by atoms with Crippen molar-refractivity contribution in [2.45, 2.75) is 176 Å². The second kappa shape index (κ2) is 46.5. The van der Waals surface area contributed by atoms with E-state index in [0.29, 0.717) is 18.4 Å². The number of rotatable bonds is 19. The van der Waals surface area contributed by atoms with Gasteiger partial charge in [-0.15, -0.1) is 0 Å². The van der Waals surface area contributed by atoms with E-state index < -0.39 is 174 Å². The van der Waals surface area contributed by atoms with Crippen molar-refractivity contribution in [1.29, 1.82) is 0 Å². The number of aliphatic hydroxyl groups excluding tert-OH is 11. The molecule has 4 amide bonds. The minimum atomic E-state index is -5.70. The number of methoxy groups -OCH3 is 1. The number of allylic oxidation sites excluding steroid dienone is 3. The number of carbonyl (C=O) groups is 5. The molecule has 0 radical (unpaired) electrons. The van der Waals surface area contributed by atoms with Crippen LogP contribution in [0.3, 0.4) is 0 Å². The Labute approximate surface area is 703 Å². The number of nitrogens with one attached hydrogen (secondary N) is 1. The molecular weight excluding hydrogens is 1830 g/mol. The van der Waals surface area contributed by atoms with Crippen LogP contribution in [0.5, 0.6) is 0 Å². The van der Waals surface area contributed by atoms with Crippen molar-refractivity contribution in [3.05, 3.63) is 173 Å². The molecule has 43 heteroatoms. The number of carbonyl (C=O) groups excluding carboxylic acids is 5. The number of fused-ring (bicyclic) bond motifs is 2. The number of halogens is 1. The monoisotopic (exact) mass is 1930 g/mol. The van der Waals surface area contributed by atoms with Gasteiger partial charge in [-0.1, -0.05) is 155 Å². The first-order valence-corrected chi connectivity index (χ1v) is 42.2. The Balaban J connectivity index is 0.000000259. The quantitative estimate of drug-likeness (QED) is 0.0237. The summed E-state index contributed by atoms with van der Waals surface area (Å²) >= 11 is 2.01. The number of benzene rings is 3. The van der Waals surface area contributed by atoms with E-state index in [1.807, 2.05) is 40.8 Å². The SMILES string of the molecule is C.C.C=COC.CC(=O)CC#CC1=CN(C2OC(CO)C(O)C2O)C(=O)CC1N.NC1CC(=O)N(C2OC(CO)C(O)C2O)C=C1I.O=C1CC2CC=CC2=CN1C1OC(CO)C(O)C1O.O=C1NC2CC=CC2=CC1C1OC(COP(=O)(O)OP(=O)(O)OP(=O)(O)O)C(O)C1O.[Pd].c1ccc(P(c2ccccc2)c2ccccc2)cc1. The Bertz CT molecular complexity index is 4150. The van der Waals surface area contributed by atoms with Gasteiger partial charge in [-0.25, -0.2) is 13.7 Å². The summed E-state index contributed by atoms with van der Waals surface area (Å²) in [6, 6.07) is 31.2. The minimum Gasteiger partial charge on any atom is -0.505 e. The van der Waals surface area contributed by atoms with Crippen LogP contribution in [0.25, 0.3) is 0 Å². The van der Waals surface area contributed by atoms with Gasteiger partial charge in [0.05, 0.1) is 58.2 Å². The molecule has 2 aliphatic carbocycles. The fourth-order valence-corrected chi connectivity index (χ4v) is 18.7. The van der Waals surface area contributed by atoms with Gasteiger partial charge < -0.3 is 116 Å². The molecule has 650 valence electrons. The van der Waals surface area contributed by atoms with Crippen LogP contribution in [-0.2, 0) is 94.9 Å². The van der Waals surface area contributed by atoms with E-state index in [2.05, 4.69) is 133 Å². The van der Waals surface area contributed by atoms with Crippen LogP contribution < -0.4 is 32.7 Å². The smallest absolute Gasteiger partial charge is 0.490 e. The summed E-state index contributed by atoms with van der Waals surface area (Å²) in [5.41, 5.74) is 13.9. The standard InChI is InChI=1S/C18H15P.C15H20N2O6.C13H20NO14P3.C13H17NO5.C10H15IN2O5.C3H6O.2CH4.Pd/c1-4-10-16(11-5-1)19(17-12-6-2-7-13-17)18-14-8-3-9-15-18;1-8(19)3-2-4-9-6-17(12(20)5-10(9)16)15-14(22)13(21)11(7-18)23-15;15-10-9(5-25-30(21,22)28-31(23,24)27-29(18,19)20)26-12(11(10)16)7-4-6-2-1-3-8(6)14-13(7)17;15-6-9-11(17)12(18)13(19-9)14-5-8-3-1-2-7(8)4-10(14)16;11-4-2-13(7(15)1-5(4)12)10-9(17)8(16)6(3-14)18-10;1-3-4-2;;;/h1-15H;6,10-11,13-15,18,21-22H,3,5,7,16H2,1H3;1-2,4,7-12,15-16H,3,5H2,(H,14,17)(H,21,22)(H,23,24)(H2,18,19,20);1,3,5,7,9,11-13,15,17-18H,2,4,6H2;2,5-6,8-10,14,16-17H,1,3,12H2;3H,1H2,2H3;2*1H4;. The molecule has 8 aliphatic heterocycles. The molecule has 0 aromatic heterocycles. The zero-order valence-corrected chi connectivity index (χ0v) is 68.8. The molecule has 0 spiro atoms. The van der Waals surface area contributed by atoms with Gasteiger partial charge in [-0.05, 0) is 83.3 Å². The number of Topliss-reactive ketones (excluding diaryl/α,β-unsaturated/α-hetero) is 1. The second-order valence-electron chi connectivity index (χ2n) is 26.8. The van der Waals surface area contributed by atoms with Gasteiger partial charge in [-0.2, -0.15) is 8.62 Å². The summed E-state index contributed by atoms with van der Waals surface area (Å²) in [7, 11) is -15.6. The summed E-state index contributed by atoms with van der Waals surface area (Å²) < 4.78 is 71.8. The van der Waals surface area contributed by atoms with Crippen molar-refractivity contribution < 1.29 is 171 Å². The van der Waals surface area contributed by atoms with E-state index in [9.17, 15) is 83.4 Å². The number of ether oxygens (including phenoxy) is 5. The van der Waals surface area contributed by atoms with Crippen LogP contribution in [0.4, 0.5) is 0 Å². The zero-order valence-electron chi connectivity index (χ0n) is 61.5. The van der Waals surface area contributed by atoms with Crippen molar-refractivity contribution in [3.8, 4) is 11.8 Å². The average Bonchev–Trinajstić information content (AvgIpc) is 1.64. The minimum absolute atomic E-state index is 0. The Hall–Kier alpha value is -5.70. The number of amides is 4. The van der Waals surface area contributed by atoms with Crippen molar-refractivity contribution in [2.75, 3.05) is 33.5 Å². The van der Waals surface area contributed by atoms with E-state index in [1.54, 1.807) is 25.5 Å². The maximum atomic E-state index is 12.3. The molecule has 10 aliphatic rings. The third-order valence-electron chi connectivity index (χ3n) is 18.7. The van der Waals surface area contributed by atoms with Gasteiger partial charge in [0.15, 0.2) is 18.7 Å². The number of hydrogen-bond donors (Lipinski definition) is 18. The number of nitrogens with two attached hydrogens (primary N) is 2. The molecule has 0 saturated carbocycles. The summed E-state index contributed by atoms with van der Waals surface area (Å²) in [4.78, 5) is 98.6. The number of ketones is 1. The first-order chi connectivity index (χ1) is 53.9. The van der Waals surface area contributed by atoms with E-state index >= 15 is 0 Å². The normalized spacial score (nSPS) is 31.5. The van der Waals surface area contributed by atoms with Crippen molar-refractivity contribution in [2.24, 2.45) is 23.3 Å². The van der Waals surface area contributed by atoms with Gasteiger partial charge in [0.2, 0.25) is 23.6 Å². The first-order valence-electron chi connectivity index (χ1n) is 35.3. The summed E-state index contributed by atoms with van der Waals surface area (Å²) in [5.74, 6) is 3.33.